The van der Waals surface area contributed by atoms with E-state index in [0.717, 1.165) is 19.3 Å². The molecule has 0 rings (SSSR count). The number of ether oxygens (including phenoxy) is 1. The lowest BCUT2D eigenvalue weighted by Crippen LogP contribution is -2.25. The van der Waals surface area contributed by atoms with Crippen molar-refractivity contribution in [1.29, 1.82) is 0 Å². The van der Waals surface area contributed by atoms with Gasteiger partial charge in [0.05, 0.1) is 20.3 Å². The Hall–Kier alpha value is -0.380. The van der Waals surface area contributed by atoms with Crippen LogP contribution >= 0.6 is 7.60 Å². The molecule has 0 aromatic rings. The molecule has 0 fully saturated rings. The van der Waals surface area contributed by atoms with Crippen LogP contribution < -0.4 is 0 Å². The van der Waals surface area contributed by atoms with Crippen LogP contribution in [-0.2, 0) is 23.1 Å². The molecule has 0 aromatic carbocycles. The van der Waals surface area contributed by atoms with E-state index in [1.54, 1.807) is 13.8 Å². The molecule has 0 aliphatic rings. The highest BCUT2D eigenvalue weighted by atomic mass is 31.2. The second-order valence-corrected chi connectivity index (χ2v) is 7.08. The summed E-state index contributed by atoms with van der Waals surface area (Å²) in [4.78, 5) is 11.9. The van der Waals surface area contributed by atoms with Gasteiger partial charge in [0.1, 0.15) is 0 Å². The molecular formula is C14H29O5P. The van der Waals surface area contributed by atoms with Crippen molar-refractivity contribution >= 4 is 13.6 Å². The van der Waals surface area contributed by atoms with Crippen LogP contribution in [0.3, 0.4) is 0 Å². The Kier molecular flexibility index (Phi) is 10.2. The summed E-state index contributed by atoms with van der Waals surface area (Å²) >= 11 is 0. The van der Waals surface area contributed by atoms with E-state index in [4.69, 9.17) is 13.8 Å². The van der Waals surface area contributed by atoms with Crippen LogP contribution in [0.1, 0.15) is 53.4 Å². The molecule has 0 spiro atoms. The minimum atomic E-state index is -3.45. The van der Waals surface area contributed by atoms with Crippen LogP contribution in [0.2, 0.25) is 0 Å². The molecule has 0 aliphatic carbocycles. The van der Waals surface area contributed by atoms with Crippen molar-refractivity contribution in [2.45, 2.75) is 59.0 Å². The average Bonchev–Trinajstić information content (AvgIpc) is 2.42. The number of rotatable bonds is 11. The normalized spacial score (nSPS) is 14.8. The first-order valence-electron chi connectivity index (χ1n) is 7.41. The Balaban J connectivity index is 4.83. The molecule has 120 valence electrons. The highest BCUT2D eigenvalue weighted by Crippen LogP contribution is 2.55. The predicted octanol–water partition coefficient (Wildman–Crippen LogP) is 4.01. The Labute approximate surface area is 122 Å². The van der Waals surface area contributed by atoms with Crippen molar-refractivity contribution in [2.24, 2.45) is 5.92 Å². The van der Waals surface area contributed by atoms with E-state index in [9.17, 15) is 9.36 Å². The minimum absolute atomic E-state index is 0.246. The minimum Gasteiger partial charge on any atom is -0.468 e. The average molecular weight is 308 g/mol. The van der Waals surface area contributed by atoms with E-state index < -0.39 is 19.2 Å². The molecule has 5 nitrogen and oxygen atoms in total. The lowest BCUT2D eigenvalue weighted by atomic mass is 10.0. The van der Waals surface area contributed by atoms with E-state index in [1.807, 2.05) is 0 Å². The number of hydrogen-bond acceptors (Lipinski definition) is 5. The molecular weight excluding hydrogens is 279 g/mol. The summed E-state index contributed by atoms with van der Waals surface area (Å²) in [6.07, 6.45) is 3.35. The molecule has 0 N–H and O–H groups in total. The molecule has 0 amide bonds. The molecule has 0 saturated heterocycles. The van der Waals surface area contributed by atoms with Crippen molar-refractivity contribution < 1.29 is 23.1 Å². The molecule has 20 heavy (non-hydrogen) atoms. The molecule has 0 radical (unpaired) electrons. The van der Waals surface area contributed by atoms with Gasteiger partial charge in [-0.05, 0) is 26.2 Å². The van der Waals surface area contributed by atoms with Crippen LogP contribution in [0.4, 0.5) is 0 Å². The van der Waals surface area contributed by atoms with Gasteiger partial charge in [0, 0.05) is 0 Å². The van der Waals surface area contributed by atoms with E-state index in [-0.39, 0.29) is 13.2 Å². The van der Waals surface area contributed by atoms with E-state index in [0.29, 0.717) is 12.3 Å². The van der Waals surface area contributed by atoms with Gasteiger partial charge in [-0.25, -0.2) is 0 Å². The van der Waals surface area contributed by atoms with Gasteiger partial charge >= 0.3 is 13.6 Å². The molecule has 0 heterocycles. The van der Waals surface area contributed by atoms with Crippen LogP contribution in [0, 0.1) is 5.92 Å². The lowest BCUT2D eigenvalue weighted by Gasteiger charge is -2.24. The molecule has 1 unspecified atom stereocenters. The van der Waals surface area contributed by atoms with Gasteiger partial charge in [-0.2, -0.15) is 0 Å². The summed E-state index contributed by atoms with van der Waals surface area (Å²) in [6, 6.07) is 0. The van der Waals surface area contributed by atoms with Crippen LogP contribution in [0.15, 0.2) is 0 Å². The number of hydrogen-bond donors (Lipinski definition) is 0. The van der Waals surface area contributed by atoms with E-state index >= 15 is 0 Å². The summed E-state index contributed by atoms with van der Waals surface area (Å²) in [5, 5.41) is 0. The molecule has 2 atom stereocenters. The fourth-order valence-electron chi connectivity index (χ4n) is 1.98. The number of carbonyl (C=O) groups is 1. The van der Waals surface area contributed by atoms with Crippen LogP contribution in [0.25, 0.3) is 0 Å². The Morgan fingerprint density at radius 1 is 1.10 bits per heavy atom. The highest BCUT2D eigenvalue weighted by Gasteiger charge is 2.41. The Bertz CT molecular complexity index is 309. The van der Waals surface area contributed by atoms with Gasteiger partial charge in [0.25, 0.3) is 0 Å². The standard InChI is InChI=1S/C14H29O5P/c1-6-12(4)10-9-11-13(14(15)17-5)20(16,18-7-2)19-8-3/h12-13H,6-11H2,1-5H3/t12-,13?/m1/s1. The van der Waals surface area contributed by atoms with Crippen molar-refractivity contribution in [3.63, 3.8) is 0 Å². The summed E-state index contributed by atoms with van der Waals surface area (Å²) in [7, 11) is -2.15. The van der Waals surface area contributed by atoms with Crippen molar-refractivity contribution in [1.82, 2.24) is 0 Å². The highest BCUT2D eigenvalue weighted by molar-refractivity contribution is 7.55. The van der Waals surface area contributed by atoms with Crippen molar-refractivity contribution in [2.75, 3.05) is 20.3 Å². The maximum absolute atomic E-state index is 12.7. The summed E-state index contributed by atoms with van der Waals surface area (Å²) in [6.45, 7) is 8.26. The van der Waals surface area contributed by atoms with Gasteiger partial charge in [-0.1, -0.05) is 33.1 Å². The molecule has 0 bridgehead atoms. The summed E-state index contributed by atoms with van der Waals surface area (Å²) in [5.74, 6) is 0.0752. The number of methoxy groups -OCH3 is 1. The summed E-state index contributed by atoms with van der Waals surface area (Å²) in [5.41, 5.74) is -0.823. The SMILES string of the molecule is CCOP(=O)(OCC)C(CCC[C@H](C)CC)C(=O)OC. The Morgan fingerprint density at radius 3 is 2.05 bits per heavy atom. The first kappa shape index (κ1) is 19.6. The smallest absolute Gasteiger partial charge is 0.344 e. The van der Waals surface area contributed by atoms with Crippen molar-refractivity contribution in [3.8, 4) is 0 Å². The topological polar surface area (TPSA) is 61.8 Å². The van der Waals surface area contributed by atoms with Crippen LogP contribution in [-0.4, -0.2) is 32.0 Å². The first-order valence-corrected chi connectivity index (χ1v) is 9.02. The maximum atomic E-state index is 12.7. The van der Waals surface area contributed by atoms with Gasteiger partial charge in [0.2, 0.25) is 0 Å². The second-order valence-electron chi connectivity index (χ2n) is 4.86. The van der Waals surface area contributed by atoms with Gasteiger partial charge in [0.15, 0.2) is 5.66 Å². The third kappa shape index (κ3) is 6.38. The largest absolute Gasteiger partial charge is 0.468 e. The predicted molar refractivity (Wildman–Crippen MR) is 80.0 cm³/mol. The monoisotopic (exact) mass is 308 g/mol. The van der Waals surface area contributed by atoms with Crippen molar-refractivity contribution in [3.05, 3.63) is 0 Å². The second kappa shape index (κ2) is 10.4. The summed E-state index contributed by atoms with van der Waals surface area (Å²) < 4.78 is 28.0. The van der Waals surface area contributed by atoms with Crippen LogP contribution in [0.5, 0.6) is 0 Å². The van der Waals surface area contributed by atoms with E-state index in [1.165, 1.54) is 7.11 Å². The molecule has 0 aromatic heterocycles. The fraction of sp³-hybridized carbons (Fsp3) is 0.929. The quantitative estimate of drug-likeness (QED) is 0.426. The maximum Gasteiger partial charge on any atom is 0.344 e. The lowest BCUT2D eigenvalue weighted by molar-refractivity contribution is -0.140. The zero-order valence-corrected chi connectivity index (χ0v) is 14.3. The van der Waals surface area contributed by atoms with E-state index in [2.05, 4.69) is 13.8 Å². The number of esters is 1. The Morgan fingerprint density at radius 2 is 1.65 bits per heavy atom. The van der Waals surface area contributed by atoms with Gasteiger partial charge < -0.3 is 13.8 Å². The third-order valence-corrected chi connectivity index (χ3v) is 5.81. The number of carbonyl (C=O) groups excluding carboxylic acids is 1. The van der Waals surface area contributed by atoms with Gasteiger partial charge in [-0.3, -0.25) is 9.36 Å². The zero-order valence-electron chi connectivity index (χ0n) is 13.4. The zero-order chi connectivity index (χ0) is 15.6. The molecule has 0 saturated carbocycles. The first-order chi connectivity index (χ1) is 9.45. The van der Waals surface area contributed by atoms with Gasteiger partial charge in [-0.15, -0.1) is 0 Å². The molecule has 0 aliphatic heterocycles. The fourth-order valence-corrected chi connectivity index (χ4v) is 4.00. The molecule has 6 heteroatoms. The third-order valence-electron chi connectivity index (χ3n) is 3.34.